The monoisotopic (exact) mass is 289 g/mol. The molecule has 0 unspecified atom stereocenters. The zero-order chi connectivity index (χ0) is 14.7. The van der Waals surface area contributed by atoms with Crippen LogP contribution in [0, 0.1) is 0 Å². The van der Waals surface area contributed by atoms with Gasteiger partial charge in [0.15, 0.2) is 0 Å². The fourth-order valence-corrected chi connectivity index (χ4v) is 3.70. The lowest BCUT2D eigenvalue weighted by Gasteiger charge is -2.43. The molecule has 0 spiro atoms. The Morgan fingerprint density at radius 1 is 1.14 bits per heavy atom. The molecule has 4 heteroatoms. The summed E-state index contributed by atoms with van der Waals surface area (Å²) in [4.78, 5) is 14.4. The third-order valence-corrected chi connectivity index (χ3v) is 5.09. The Balaban J connectivity index is 1.73. The van der Waals surface area contributed by atoms with Crippen molar-refractivity contribution in [2.45, 2.75) is 37.1 Å². The minimum atomic E-state index is -0.705. The van der Waals surface area contributed by atoms with Gasteiger partial charge < -0.3 is 14.7 Å². The number of carboxylic acids is 1. The van der Waals surface area contributed by atoms with Crippen LogP contribution in [-0.4, -0.2) is 48.3 Å². The highest BCUT2D eigenvalue weighted by Crippen LogP contribution is 2.37. The average Bonchev–Trinajstić information content (AvgIpc) is 2.56. The van der Waals surface area contributed by atoms with Gasteiger partial charge in [-0.1, -0.05) is 30.3 Å². The second kappa shape index (κ2) is 6.16. The first-order chi connectivity index (χ1) is 10.2. The molecule has 0 aromatic heterocycles. The van der Waals surface area contributed by atoms with Gasteiger partial charge in [-0.05, 0) is 44.3 Å². The molecule has 0 aliphatic carbocycles. The summed E-state index contributed by atoms with van der Waals surface area (Å²) in [7, 11) is 0. The predicted octanol–water partition coefficient (Wildman–Crippen LogP) is 2.28. The van der Waals surface area contributed by atoms with Crippen molar-refractivity contribution >= 4 is 5.97 Å². The Morgan fingerprint density at radius 3 is 2.33 bits per heavy atom. The van der Waals surface area contributed by atoms with Gasteiger partial charge in [-0.2, -0.15) is 0 Å². The van der Waals surface area contributed by atoms with Crippen molar-refractivity contribution in [3.05, 3.63) is 35.9 Å². The smallest absolute Gasteiger partial charge is 0.314 e. The van der Waals surface area contributed by atoms with Crippen LogP contribution in [0.15, 0.2) is 30.3 Å². The molecule has 1 aromatic rings. The Bertz CT molecular complexity index is 474. The van der Waals surface area contributed by atoms with E-state index in [-0.39, 0.29) is 0 Å². The van der Waals surface area contributed by atoms with Crippen molar-refractivity contribution < 1.29 is 14.6 Å². The van der Waals surface area contributed by atoms with Crippen molar-refractivity contribution in [1.82, 2.24) is 4.90 Å². The molecule has 1 aromatic carbocycles. The number of nitrogens with zero attached hydrogens (tertiary/aromatic N) is 1. The zero-order valence-electron chi connectivity index (χ0n) is 12.3. The maximum Gasteiger partial charge on any atom is 0.314 e. The Morgan fingerprint density at radius 2 is 1.76 bits per heavy atom. The SMILES string of the molecule is O=C(O)C1(c2ccccc2)CCN(C2CCOCC2)CC1. The van der Waals surface area contributed by atoms with Gasteiger partial charge in [-0.25, -0.2) is 0 Å². The molecule has 2 aliphatic heterocycles. The van der Waals surface area contributed by atoms with E-state index in [0.29, 0.717) is 18.9 Å². The highest BCUT2D eigenvalue weighted by molar-refractivity contribution is 5.81. The van der Waals surface area contributed by atoms with E-state index in [1.807, 2.05) is 30.3 Å². The van der Waals surface area contributed by atoms with Crippen LogP contribution in [0.3, 0.4) is 0 Å². The zero-order valence-corrected chi connectivity index (χ0v) is 12.3. The lowest BCUT2D eigenvalue weighted by molar-refractivity contribution is -0.146. The molecule has 2 fully saturated rings. The van der Waals surface area contributed by atoms with Gasteiger partial charge in [-0.3, -0.25) is 4.79 Å². The predicted molar refractivity (Wildman–Crippen MR) is 80.4 cm³/mol. The normalized spacial score (nSPS) is 23.8. The summed E-state index contributed by atoms with van der Waals surface area (Å²) < 4.78 is 5.42. The minimum absolute atomic E-state index is 0.571. The van der Waals surface area contributed by atoms with Crippen molar-refractivity contribution in [1.29, 1.82) is 0 Å². The van der Waals surface area contributed by atoms with Crippen molar-refractivity contribution in [3.8, 4) is 0 Å². The van der Waals surface area contributed by atoms with E-state index in [4.69, 9.17) is 4.74 Å². The van der Waals surface area contributed by atoms with Gasteiger partial charge in [0.25, 0.3) is 0 Å². The maximum atomic E-state index is 11.9. The summed E-state index contributed by atoms with van der Waals surface area (Å²) in [5.41, 5.74) is 0.243. The van der Waals surface area contributed by atoms with Gasteiger partial charge in [0, 0.05) is 19.3 Å². The minimum Gasteiger partial charge on any atom is -0.481 e. The summed E-state index contributed by atoms with van der Waals surface area (Å²) in [5, 5.41) is 9.80. The highest BCUT2D eigenvalue weighted by atomic mass is 16.5. The number of benzene rings is 1. The number of hydrogen-bond acceptors (Lipinski definition) is 3. The first-order valence-corrected chi connectivity index (χ1v) is 7.83. The Hall–Kier alpha value is -1.39. The highest BCUT2D eigenvalue weighted by Gasteiger charge is 2.44. The van der Waals surface area contributed by atoms with Gasteiger partial charge in [0.05, 0.1) is 5.41 Å². The number of carboxylic acid groups (broad SMARTS) is 1. The standard InChI is InChI=1S/C17H23NO3/c19-16(20)17(14-4-2-1-3-5-14)8-10-18(11-9-17)15-6-12-21-13-7-15/h1-5,15H,6-13H2,(H,19,20). The van der Waals surface area contributed by atoms with Crippen molar-refractivity contribution in [2.75, 3.05) is 26.3 Å². The molecule has 2 aliphatic rings. The van der Waals surface area contributed by atoms with E-state index < -0.39 is 11.4 Å². The summed E-state index contributed by atoms with van der Waals surface area (Å²) in [6.45, 7) is 3.41. The molecule has 1 N–H and O–H groups in total. The second-order valence-electron chi connectivity index (χ2n) is 6.13. The molecule has 3 rings (SSSR count). The molecule has 0 radical (unpaired) electrons. The molecule has 21 heavy (non-hydrogen) atoms. The van der Waals surface area contributed by atoms with Crippen molar-refractivity contribution in [3.63, 3.8) is 0 Å². The molecule has 4 nitrogen and oxygen atoms in total. The largest absolute Gasteiger partial charge is 0.481 e. The Labute approximate surface area is 125 Å². The van der Waals surface area contributed by atoms with E-state index in [1.165, 1.54) is 0 Å². The van der Waals surface area contributed by atoms with E-state index in [9.17, 15) is 9.90 Å². The van der Waals surface area contributed by atoms with Crippen LogP contribution in [0.5, 0.6) is 0 Å². The Kier molecular flexibility index (Phi) is 4.27. The number of hydrogen-bond donors (Lipinski definition) is 1. The lowest BCUT2D eigenvalue weighted by Crippen LogP contribution is -2.51. The summed E-state index contributed by atoms with van der Waals surface area (Å²) >= 11 is 0. The number of carbonyl (C=O) groups is 1. The summed E-state index contributed by atoms with van der Waals surface area (Å²) in [6, 6.07) is 10.3. The van der Waals surface area contributed by atoms with Crippen LogP contribution in [-0.2, 0) is 14.9 Å². The molecule has 0 saturated carbocycles. The van der Waals surface area contributed by atoms with Gasteiger partial charge in [-0.15, -0.1) is 0 Å². The van der Waals surface area contributed by atoms with E-state index in [0.717, 1.165) is 44.7 Å². The number of rotatable bonds is 3. The third-order valence-electron chi connectivity index (χ3n) is 5.09. The van der Waals surface area contributed by atoms with Crippen LogP contribution >= 0.6 is 0 Å². The van der Waals surface area contributed by atoms with Crippen LogP contribution in [0.25, 0.3) is 0 Å². The van der Waals surface area contributed by atoms with E-state index in [2.05, 4.69) is 4.90 Å². The molecule has 2 saturated heterocycles. The van der Waals surface area contributed by atoms with Crippen LogP contribution in [0.2, 0.25) is 0 Å². The number of piperidine rings is 1. The quantitative estimate of drug-likeness (QED) is 0.927. The number of aliphatic carboxylic acids is 1. The van der Waals surface area contributed by atoms with Crippen molar-refractivity contribution in [2.24, 2.45) is 0 Å². The molecular weight excluding hydrogens is 266 g/mol. The molecule has 114 valence electrons. The molecular formula is C17H23NO3. The molecule has 0 amide bonds. The van der Waals surface area contributed by atoms with Crippen LogP contribution in [0.4, 0.5) is 0 Å². The molecule has 0 atom stereocenters. The number of ether oxygens (including phenoxy) is 1. The van der Waals surface area contributed by atoms with E-state index in [1.54, 1.807) is 0 Å². The fourth-order valence-electron chi connectivity index (χ4n) is 3.70. The first kappa shape index (κ1) is 14.5. The van der Waals surface area contributed by atoms with E-state index >= 15 is 0 Å². The van der Waals surface area contributed by atoms with Gasteiger partial charge in [0.1, 0.15) is 0 Å². The average molecular weight is 289 g/mol. The van der Waals surface area contributed by atoms with Crippen LogP contribution in [0.1, 0.15) is 31.2 Å². The topological polar surface area (TPSA) is 49.8 Å². The summed E-state index contributed by atoms with van der Waals surface area (Å²) in [5.74, 6) is -0.680. The maximum absolute atomic E-state index is 11.9. The van der Waals surface area contributed by atoms with Crippen LogP contribution < -0.4 is 0 Å². The number of likely N-dealkylation sites (tertiary alicyclic amines) is 1. The fraction of sp³-hybridized carbons (Fsp3) is 0.588. The first-order valence-electron chi connectivity index (χ1n) is 7.83. The molecule has 0 bridgehead atoms. The van der Waals surface area contributed by atoms with Gasteiger partial charge >= 0.3 is 5.97 Å². The third kappa shape index (κ3) is 2.83. The lowest BCUT2D eigenvalue weighted by atomic mass is 9.72. The molecule has 2 heterocycles. The second-order valence-corrected chi connectivity index (χ2v) is 6.13. The summed E-state index contributed by atoms with van der Waals surface area (Å²) in [6.07, 6.45) is 3.55. The van der Waals surface area contributed by atoms with Gasteiger partial charge in [0.2, 0.25) is 0 Å².